The fourth-order valence-electron chi connectivity index (χ4n) is 3.08. The minimum Gasteiger partial charge on any atom is -0.483 e. The fraction of sp³-hybridized carbons (Fsp3) is 0.261. The van der Waals surface area contributed by atoms with Gasteiger partial charge in [0.25, 0.3) is 0 Å². The summed E-state index contributed by atoms with van der Waals surface area (Å²) in [5.74, 6) is 0.533. The molecule has 0 saturated carbocycles. The Hall–Kier alpha value is -3.31. The first-order valence-corrected chi connectivity index (χ1v) is 12.4. The first kappa shape index (κ1) is 23.8. The van der Waals surface area contributed by atoms with E-state index in [4.69, 9.17) is 4.74 Å². The van der Waals surface area contributed by atoms with E-state index < -0.39 is 11.4 Å². The van der Waals surface area contributed by atoms with Crippen molar-refractivity contribution < 1.29 is 13.9 Å². The van der Waals surface area contributed by atoms with Crippen LogP contribution in [0.15, 0.2) is 59.8 Å². The van der Waals surface area contributed by atoms with Crippen LogP contribution in [0.5, 0.6) is 5.75 Å². The van der Waals surface area contributed by atoms with Gasteiger partial charge < -0.3 is 4.74 Å². The van der Waals surface area contributed by atoms with Crippen molar-refractivity contribution in [2.75, 3.05) is 5.32 Å². The van der Waals surface area contributed by atoms with Crippen molar-refractivity contribution >= 4 is 34.1 Å². The van der Waals surface area contributed by atoms with E-state index in [0.29, 0.717) is 21.9 Å². The predicted molar refractivity (Wildman–Crippen MR) is 130 cm³/mol. The molecule has 0 radical (unpaired) electrons. The number of hydrogen-bond acceptors (Lipinski definition) is 8. The number of hydrogen-bond donors (Lipinski definition) is 1. The number of amides is 1. The first-order valence-electron chi connectivity index (χ1n) is 10.7. The zero-order chi connectivity index (χ0) is 24.1. The third kappa shape index (κ3) is 5.60. The van der Waals surface area contributed by atoms with Gasteiger partial charge in [-0.1, -0.05) is 48.2 Å². The number of anilines is 1. The Labute approximate surface area is 204 Å². The molecule has 4 rings (SSSR count). The molecule has 4 aromatic rings. The number of carbonyl (C=O) groups is 1. The number of aryl methyl sites for hydroxylation is 1. The number of ether oxygens (including phenoxy) is 1. The van der Waals surface area contributed by atoms with E-state index in [2.05, 4.69) is 25.7 Å². The molecule has 0 bridgehead atoms. The molecule has 2 unspecified atom stereocenters. The van der Waals surface area contributed by atoms with Crippen LogP contribution in [0.25, 0.3) is 5.69 Å². The highest BCUT2D eigenvalue weighted by molar-refractivity contribution is 8.00. The summed E-state index contributed by atoms with van der Waals surface area (Å²) in [6, 6.07) is 15.4. The van der Waals surface area contributed by atoms with E-state index in [1.165, 1.54) is 35.2 Å². The summed E-state index contributed by atoms with van der Waals surface area (Å²) in [5.41, 5.74) is 0.837. The van der Waals surface area contributed by atoms with E-state index in [-0.39, 0.29) is 11.7 Å². The Morgan fingerprint density at radius 3 is 2.50 bits per heavy atom. The molecule has 176 valence electrons. The molecule has 0 fully saturated rings. The van der Waals surface area contributed by atoms with Crippen molar-refractivity contribution in [1.29, 1.82) is 0 Å². The van der Waals surface area contributed by atoms with E-state index in [0.717, 1.165) is 17.1 Å². The number of benzene rings is 2. The maximum absolute atomic E-state index is 13.3. The van der Waals surface area contributed by atoms with Gasteiger partial charge in [-0.05, 0) is 56.7 Å². The highest BCUT2D eigenvalue weighted by atomic mass is 32.2. The molecule has 2 atom stereocenters. The Balaban J connectivity index is 1.56. The van der Waals surface area contributed by atoms with Gasteiger partial charge in [-0.15, -0.1) is 20.4 Å². The number of rotatable bonds is 9. The number of aromatic nitrogens is 5. The van der Waals surface area contributed by atoms with Crippen LogP contribution < -0.4 is 10.1 Å². The Kier molecular flexibility index (Phi) is 7.53. The van der Waals surface area contributed by atoms with Crippen molar-refractivity contribution in [1.82, 2.24) is 25.0 Å². The average molecular weight is 499 g/mol. The summed E-state index contributed by atoms with van der Waals surface area (Å²) < 4.78 is 21.1. The lowest BCUT2D eigenvalue weighted by Crippen LogP contribution is -2.23. The maximum Gasteiger partial charge on any atom is 0.239 e. The molecule has 34 heavy (non-hydrogen) atoms. The number of halogens is 1. The fourth-order valence-corrected chi connectivity index (χ4v) is 4.63. The van der Waals surface area contributed by atoms with Crippen LogP contribution in [0.4, 0.5) is 9.52 Å². The number of nitrogens with one attached hydrogen (secondary N) is 1. The van der Waals surface area contributed by atoms with Gasteiger partial charge in [0, 0.05) is 5.69 Å². The lowest BCUT2D eigenvalue weighted by Gasteiger charge is -2.17. The molecular formula is C23H23FN6O2S2. The molecule has 0 aliphatic carbocycles. The smallest absolute Gasteiger partial charge is 0.239 e. The quantitative estimate of drug-likeness (QED) is 0.322. The first-order chi connectivity index (χ1) is 16.4. The monoisotopic (exact) mass is 498 g/mol. The second-order valence-corrected chi connectivity index (χ2v) is 9.70. The molecule has 0 spiro atoms. The summed E-state index contributed by atoms with van der Waals surface area (Å²) in [4.78, 5) is 12.8. The molecule has 1 N–H and O–H groups in total. The molecule has 2 heterocycles. The van der Waals surface area contributed by atoms with E-state index in [1.54, 1.807) is 19.1 Å². The predicted octanol–water partition coefficient (Wildman–Crippen LogP) is 5.08. The van der Waals surface area contributed by atoms with Gasteiger partial charge in [0.05, 0.1) is 5.25 Å². The number of nitrogens with zero attached hydrogens (tertiary/aromatic N) is 5. The van der Waals surface area contributed by atoms with Crippen molar-refractivity contribution in [2.24, 2.45) is 0 Å². The minimum absolute atomic E-state index is 0.205. The van der Waals surface area contributed by atoms with Crippen LogP contribution in [-0.4, -0.2) is 36.1 Å². The van der Waals surface area contributed by atoms with Gasteiger partial charge in [0.15, 0.2) is 17.1 Å². The van der Waals surface area contributed by atoms with Crippen LogP contribution in [0, 0.1) is 5.82 Å². The van der Waals surface area contributed by atoms with Gasteiger partial charge in [0.1, 0.15) is 16.6 Å². The Bertz CT molecular complexity index is 1250. The summed E-state index contributed by atoms with van der Waals surface area (Å²) in [6.07, 6.45) is 0.282. The van der Waals surface area contributed by atoms with Gasteiger partial charge in [-0.3, -0.25) is 14.7 Å². The normalized spacial score (nSPS) is 12.8. The molecule has 2 aromatic heterocycles. The average Bonchev–Trinajstić information content (AvgIpc) is 3.48. The Morgan fingerprint density at radius 2 is 1.82 bits per heavy atom. The van der Waals surface area contributed by atoms with E-state index in [1.807, 2.05) is 48.7 Å². The summed E-state index contributed by atoms with van der Waals surface area (Å²) >= 11 is 2.64. The maximum atomic E-state index is 13.3. The lowest BCUT2D eigenvalue weighted by molar-refractivity contribution is -0.115. The van der Waals surface area contributed by atoms with Gasteiger partial charge in [0.2, 0.25) is 11.0 Å². The summed E-state index contributed by atoms with van der Waals surface area (Å²) in [5, 5.41) is 21.0. The number of carbonyl (C=O) groups excluding carboxylic acids is 1. The molecule has 0 aliphatic heterocycles. The molecular weight excluding hydrogens is 475 g/mol. The van der Waals surface area contributed by atoms with Crippen LogP contribution in [0.3, 0.4) is 0 Å². The number of thioether (sulfide) groups is 1. The molecule has 2 aromatic carbocycles. The number of para-hydroxylation sites is 1. The highest BCUT2D eigenvalue weighted by Crippen LogP contribution is 2.30. The topological polar surface area (TPSA) is 94.8 Å². The largest absolute Gasteiger partial charge is 0.483 e. The third-order valence-corrected chi connectivity index (χ3v) is 6.84. The van der Waals surface area contributed by atoms with Crippen LogP contribution in [0.1, 0.15) is 37.7 Å². The Morgan fingerprint density at radius 1 is 1.09 bits per heavy atom. The standard InChI is InChI=1S/C23H23FN6O2S2/c1-4-19-26-28-22(34-19)25-21(31)15(3)33-23-29-27-20(30(23)17-8-6-5-7-9-17)14(2)32-18-12-10-16(24)11-13-18/h5-15H,4H2,1-3H3,(H,25,28,31). The van der Waals surface area contributed by atoms with Gasteiger partial charge in [-0.2, -0.15) is 0 Å². The lowest BCUT2D eigenvalue weighted by atomic mass is 10.3. The van der Waals surface area contributed by atoms with E-state index in [9.17, 15) is 9.18 Å². The van der Waals surface area contributed by atoms with Crippen LogP contribution in [0.2, 0.25) is 0 Å². The van der Waals surface area contributed by atoms with Gasteiger partial charge >= 0.3 is 0 Å². The third-order valence-electron chi connectivity index (χ3n) is 4.81. The highest BCUT2D eigenvalue weighted by Gasteiger charge is 2.25. The second kappa shape index (κ2) is 10.7. The molecule has 11 heteroatoms. The summed E-state index contributed by atoms with van der Waals surface area (Å²) in [7, 11) is 0. The van der Waals surface area contributed by atoms with Crippen molar-refractivity contribution in [2.45, 2.75) is 43.7 Å². The van der Waals surface area contributed by atoms with E-state index >= 15 is 0 Å². The zero-order valence-corrected chi connectivity index (χ0v) is 20.4. The van der Waals surface area contributed by atoms with Crippen molar-refractivity contribution in [3.63, 3.8) is 0 Å². The van der Waals surface area contributed by atoms with Crippen LogP contribution >= 0.6 is 23.1 Å². The molecule has 0 saturated heterocycles. The second-order valence-electron chi connectivity index (χ2n) is 7.33. The van der Waals surface area contributed by atoms with Crippen molar-refractivity contribution in [3.8, 4) is 11.4 Å². The van der Waals surface area contributed by atoms with Crippen molar-refractivity contribution in [3.05, 3.63) is 71.2 Å². The summed E-state index contributed by atoms with van der Waals surface area (Å²) in [6.45, 7) is 5.63. The molecule has 8 nitrogen and oxygen atoms in total. The SMILES string of the molecule is CCc1nnc(NC(=O)C(C)Sc2nnc(C(C)Oc3ccc(F)cc3)n2-c2ccccc2)s1. The van der Waals surface area contributed by atoms with Gasteiger partial charge in [-0.25, -0.2) is 4.39 Å². The molecule has 0 aliphatic rings. The molecule has 1 amide bonds. The minimum atomic E-state index is -0.481. The van der Waals surface area contributed by atoms with Crippen LogP contribution in [-0.2, 0) is 11.2 Å². The zero-order valence-electron chi connectivity index (χ0n) is 18.8.